The number of hydrogen-bond acceptors (Lipinski definition) is 5. The number of aromatic nitrogens is 2. The zero-order valence-corrected chi connectivity index (χ0v) is 14.0. The highest BCUT2D eigenvalue weighted by Gasteiger charge is 2.15. The van der Waals surface area contributed by atoms with Crippen molar-refractivity contribution in [1.29, 1.82) is 0 Å². The van der Waals surface area contributed by atoms with Crippen molar-refractivity contribution in [2.24, 2.45) is 0 Å². The van der Waals surface area contributed by atoms with Gasteiger partial charge >= 0.3 is 5.97 Å². The number of methoxy groups -OCH3 is 2. The lowest BCUT2D eigenvalue weighted by Crippen LogP contribution is -2.12. The van der Waals surface area contributed by atoms with E-state index in [1.54, 1.807) is 16.9 Å². The maximum Gasteiger partial charge on any atom is 0.377 e. The molecule has 1 aromatic carbocycles. The van der Waals surface area contributed by atoms with Crippen LogP contribution in [0.2, 0.25) is 0 Å². The van der Waals surface area contributed by atoms with E-state index in [2.05, 4.69) is 25.8 Å². The van der Waals surface area contributed by atoms with Crippen LogP contribution in [-0.4, -0.2) is 30.0 Å². The molecule has 2 aromatic rings. The summed E-state index contributed by atoms with van der Waals surface area (Å²) in [4.78, 5) is 11.7. The van der Waals surface area contributed by atoms with E-state index in [0.717, 1.165) is 15.7 Å². The SMILES string of the molecule is CO/C=C(\Oc1cc(-n2cc(Br)cn2)ccc1C)C(=O)OC. The molecule has 0 aliphatic carbocycles. The van der Waals surface area contributed by atoms with Crippen LogP contribution in [0.25, 0.3) is 5.69 Å². The summed E-state index contributed by atoms with van der Waals surface area (Å²) in [5, 5.41) is 4.21. The zero-order chi connectivity index (χ0) is 16.1. The molecule has 2 rings (SSSR count). The van der Waals surface area contributed by atoms with Gasteiger partial charge in [-0.3, -0.25) is 0 Å². The summed E-state index contributed by atoms with van der Waals surface area (Å²) in [5.41, 5.74) is 1.66. The summed E-state index contributed by atoms with van der Waals surface area (Å²) in [6.07, 6.45) is 4.70. The lowest BCUT2D eigenvalue weighted by Gasteiger charge is -2.12. The number of carbonyl (C=O) groups is 1. The minimum Gasteiger partial charge on any atom is -0.500 e. The van der Waals surface area contributed by atoms with Crippen molar-refractivity contribution in [3.63, 3.8) is 0 Å². The van der Waals surface area contributed by atoms with Crippen molar-refractivity contribution < 1.29 is 19.0 Å². The first kappa shape index (κ1) is 16.1. The molecule has 0 spiro atoms. The van der Waals surface area contributed by atoms with Crippen molar-refractivity contribution in [3.05, 3.63) is 52.7 Å². The van der Waals surface area contributed by atoms with E-state index in [-0.39, 0.29) is 5.76 Å². The molecule has 22 heavy (non-hydrogen) atoms. The predicted octanol–water partition coefficient (Wildman–Crippen LogP) is 2.98. The molecule has 0 fully saturated rings. The molecule has 0 amide bonds. The number of carbonyl (C=O) groups excluding carboxylic acids is 1. The van der Waals surface area contributed by atoms with Gasteiger partial charge in [0.05, 0.1) is 30.6 Å². The maximum atomic E-state index is 11.7. The molecule has 0 unspecified atom stereocenters. The minimum absolute atomic E-state index is 0.0353. The largest absolute Gasteiger partial charge is 0.500 e. The summed E-state index contributed by atoms with van der Waals surface area (Å²) >= 11 is 3.35. The Hall–Kier alpha value is -2.28. The van der Waals surface area contributed by atoms with Crippen LogP contribution in [0.5, 0.6) is 5.75 Å². The van der Waals surface area contributed by atoms with Crippen molar-refractivity contribution in [3.8, 4) is 11.4 Å². The van der Waals surface area contributed by atoms with Crippen LogP contribution in [0, 0.1) is 6.92 Å². The Bertz CT molecular complexity index is 709. The summed E-state index contributed by atoms with van der Waals surface area (Å²) in [7, 11) is 2.70. The van der Waals surface area contributed by atoms with Gasteiger partial charge in [-0.05, 0) is 34.5 Å². The molecule has 0 aliphatic rings. The van der Waals surface area contributed by atoms with Crippen molar-refractivity contribution in [2.75, 3.05) is 14.2 Å². The Labute approximate surface area is 136 Å². The van der Waals surface area contributed by atoms with E-state index >= 15 is 0 Å². The molecule has 116 valence electrons. The number of rotatable bonds is 5. The van der Waals surface area contributed by atoms with E-state index in [1.165, 1.54) is 20.5 Å². The topological polar surface area (TPSA) is 62.6 Å². The van der Waals surface area contributed by atoms with Crippen molar-refractivity contribution in [2.45, 2.75) is 6.92 Å². The number of nitrogens with zero attached hydrogens (tertiary/aromatic N) is 2. The van der Waals surface area contributed by atoms with Gasteiger partial charge in [0.1, 0.15) is 12.0 Å². The quantitative estimate of drug-likeness (QED) is 0.462. The number of benzene rings is 1. The Kier molecular flexibility index (Phi) is 5.21. The molecule has 1 heterocycles. The molecule has 0 radical (unpaired) electrons. The monoisotopic (exact) mass is 366 g/mol. The average Bonchev–Trinajstić information content (AvgIpc) is 2.94. The Morgan fingerprint density at radius 3 is 2.73 bits per heavy atom. The fourth-order valence-corrected chi connectivity index (χ4v) is 2.01. The molecular weight excluding hydrogens is 352 g/mol. The molecular formula is C15H15BrN2O4. The van der Waals surface area contributed by atoms with Crippen LogP contribution in [0.15, 0.2) is 47.1 Å². The Morgan fingerprint density at radius 1 is 1.36 bits per heavy atom. The van der Waals surface area contributed by atoms with E-state index in [4.69, 9.17) is 9.47 Å². The first-order valence-electron chi connectivity index (χ1n) is 6.35. The molecule has 0 aliphatic heterocycles. The van der Waals surface area contributed by atoms with Crippen LogP contribution in [0.4, 0.5) is 0 Å². The number of ether oxygens (including phenoxy) is 3. The molecule has 0 atom stereocenters. The second-order valence-corrected chi connectivity index (χ2v) is 5.28. The highest BCUT2D eigenvalue weighted by Crippen LogP contribution is 2.24. The molecule has 0 N–H and O–H groups in total. The fraction of sp³-hybridized carbons (Fsp3) is 0.200. The lowest BCUT2D eigenvalue weighted by atomic mass is 10.2. The molecule has 7 heteroatoms. The Balaban J connectivity index is 2.34. The molecule has 1 aromatic heterocycles. The lowest BCUT2D eigenvalue weighted by molar-refractivity contribution is -0.138. The summed E-state index contributed by atoms with van der Waals surface area (Å²) in [5.74, 6) is -0.141. The standard InChI is InChI=1S/C15H15BrN2O4/c1-10-4-5-12(18-8-11(16)7-17-18)6-13(10)22-14(9-20-2)15(19)21-3/h4-9H,1-3H3/b14-9-. The second-order valence-electron chi connectivity index (χ2n) is 4.36. The van der Waals surface area contributed by atoms with Crippen LogP contribution in [0.1, 0.15) is 5.56 Å². The third kappa shape index (κ3) is 3.67. The minimum atomic E-state index is -0.617. The summed E-state index contributed by atoms with van der Waals surface area (Å²) < 4.78 is 17.7. The van der Waals surface area contributed by atoms with Gasteiger partial charge < -0.3 is 14.2 Å². The second kappa shape index (κ2) is 7.13. The number of esters is 1. The normalized spacial score (nSPS) is 11.2. The van der Waals surface area contributed by atoms with Gasteiger partial charge in [-0.1, -0.05) is 6.07 Å². The highest BCUT2D eigenvalue weighted by molar-refractivity contribution is 9.10. The van der Waals surface area contributed by atoms with E-state index < -0.39 is 5.97 Å². The average molecular weight is 367 g/mol. The van der Waals surface area contributed by atoms with Gasteiger partial charge in [-0.25, -0.2) is 9.48 Å². The van der Waals surface area contributed by atoms with Gasteiger partial charge in [-0.15, -0.1) is 0 Å². The fourth-order valence-electron chi connectivity index (χ4n) is 1.72. The van der Waals surface area contributed by atoms with E-state index in [9.17, 15) is 4.79 Å². The smallest absolute Gasteiger partial charge is 0.377 e. The molecule has 6 nitrogen and oxygen atoms in total. The van der Waals surface area contributed by atoms with E-state index in [0.29, 0.717) is 5.75 Å². The molecule has 0 saturated heterocycles. The number of halogens is 1. The van der Waals surface area contributed by atoms with Gasteiger partial charge in [-0.2, -0.15) is 5.10 Å². The van der Waals surface area contributed by atoms with Crippen molar-refractivity contribution in [1.82, 2.24) is 9.78 Å². The van der Waals surface area contributed by atoms with Gasteiger partial charge in [0.25, 0.3) is 0 Å². The number of aryl methyl sites for hydroxylation is 1. The Morgan fingerprint density at radius 2 is 2.14 bits per heavy atom. The maximum absolute atomic E-state index is 11.7. The first-order chi connectivity index (χ1) is 10.5. The van der Waals surface area contributed by atoms with Crippen LogP contribution < -0.4 is 4.74 Å². The summed E-state index contributed by atoms with van der Waals surface area (Å²) in [6.45, 7) is 1.87. The third-order valence-corrected chi connectivity index (χ3v) is 3.23. The number of hydrogen-bond donors (Lipinski definition) is 0. The van der Waals surface area contributed by atoms with Crippen LogP contribution >= 0.6 is 15.9 Å². The first-order valence-corrected chi connectivity index (χ1v) is 7.14. The zero-order valence-electron chi connectivity index (χ0n) is 12.4. The van der Waals surface area contributed by atoms with Gasteiger partial charge in [0.15, 0.2) is 0 Å². The van der Waals surface area contributed by atoms with E-state index in [1.807, 2.05) is 25.3 Å². The highest BCUT2D eigenvalue weighted by atomic mass is 79.9. The van der Waals surface area contributed by atoms with Gasteiger partial charge in [0.2, 0.25) is 5.76 Å². The van der Waals surface area contributed by atoms with Crippen molar-refractivity contribution >= 4 is 21.9 Å². The third-order valence-electron chi connectivity index (χ3n) is 2.82. The molecule has 0 bridgehead atoms. The van der Waals surface area contributed by atoms with Gasteiger partial charge in [0, 0.05) is 12.3 Å². The van der Waals surface area contributed by atoms with Crippen LogP contribution in [-0.2, 0) is 14.3 Å². The summed E-state index contributed by atoms with van der Waals surface area (Å²) in [6, 6.07) is 5.56. The van der Waals surface area contributed by atoms with Crippen LogP contribution in [0.3, 0.4) is 0 Å². The predicted molar refractivity (Wildman–Crippen MR) is 83.7 cm³/mol. The molecule has 0 saturated carbocycles.